The number of benzene rings is 1. The molecular weight excluding hydrogens is 316 g/mol. The Hall–Kier alpha value is -1.05. The average Bonchev–Trinajstić information content (AvgIpc) is 2.65. The maximum Gasteiger partial charge on any atom is 0.343 e. The van der Waals surface area contributed by atoms with Gasteiger partial charge >= 0.3 is 5.69 Å². The van der Waals surface area contributed by atoms with Crippen LogP contribution in [0.3, 0.4) is 0 Å². The van der Waals surface area contributed by atoms with Gasteiger partial charge in [0.1, 0.15) is 0 Å². The number of halogens is 1. The monoisotopic (exact) mass is 328 g/mol. The molecule has 0 aliphatic heterocycles. The van der Waals surface area contributed by atoms with E-state index in [2.05, 4.69) is 37.5 Å². The zero-order valence-corrected chi connectivity index (χ0v) is 12.4. The molecule has 96 valence electrons. The van der Waals surface area contributed by atoms with Crippen LogP contribution >= 0.6 is 27.7 Å². The Labute approximate surface area is 117 Å². The van der Waals surface area contributed by atoms with Crippen molar-refractivity contribution in [2.45, 2.75) is 16.6 Å². The Kier molecular flexibility index (Phi) is 4.26. The fourth-order valence-electron chi connectivity index (χ4n) is 1.50. The Balaban J connectivity index is 2.33. The molecule has 0 aliphatic rings. The fraction of sp³-hybridized carbons (Fsp3) is 0.273. The fourth-order valence-corrected chi connectivity index (χ4v) is 2.81. The van der Waals surface area contributed by atoms with Crippen LogP contribution in [0.25, 0.3) is 0 Å². The first-order valence-corrected chi connectivity index (χ1v) is 6.95. The molecule has 1 aromatic heterocycles. The third kappa shape index (κ3) is 2.85. The summed E-state index contributed by atoms with van der Waals surface area (Å²) in [5.74, 6) is 0. The minimum absolute atomic E-state index is 0.204. The second-order valence-corrected chi connectivity index (χ2v) is 5.68. The zero-order valence-electron chi connectivity index (χ0n) is 10.0. The number of nitrogens with zero attached hydrogens (tertiary/aromatic N) is 2. The molecule has 0 amide bonds. The van der Waals surface area contributed by atoms with Gasteiger partial charge in [-0.2, -0.15) is 0 Å². The van der Waals surface area contributed by atoms with Crippen LogP contribution in [0.4, 0.5) is 0 Å². The third-order valence-electron chi connectivity index (χ3n) is 2.43. The number of aromatic nitrogens is 3. The second kappa shape index (κ2) is 5.73. The number of H-pyrrole nitrogens is 1. The maximum atomic E-state index is 11.3. The van der Waals surface area contributed by atoms with Gasteiger partial charge in [0.2, 0.25) is 0 Å². The Morgan fingerprint density at radius 3 is 2.94 bits per heavy atom. The van der Waals surface area contributed by atoms with Gasteiger partial charge in [-0.05, 0) is 42.6 Å². The Morgan fingerprint density at radius 1 is 1.56 bits per heavy atom. The molecule has 0 radical (unpaired) electrons. The summed E-state index contributed by atoms with van der Waals surface area (Å²) in [7, 11) is 3.60. The summed E-state index contributed by atoms with van der Waals surface area (Å²) in [6.07, 6.45) is 0. The zero-order chi connectivity index (χ0) is 13.1. The molecule has 2 rings (SSSR count). The highest BCUT2D eigenvalue weighted by Gasteiger charge is 2.10. The van der Waals surface area contributed by atoms with E-state index in [1.54, 1.807) is 7.05 Å². The molecule has 0 fully saturated rings. The molecule has 0 spiro atoms. The summed E-state index contributed by atoms with van der Waals surface area (Å²) < 4.78 is 2.53. The maximum absolute atomic E-state index is 11.3. The number of rotatable bonds is 4. The normalized spacial score (nSPS) is 10.8. The predicted molar refractivity (Wildman–Crippen MR) is 74.9 cm³/mol. The van der Waals surface area contributed by atoms with Crippen molar-refractivity contribution in [3.05, 3.63) is 38.7 Å². The molecule has 1 aromatic carbocycles. The highest BCUT2D eigenvalue weighted by atomic mass is 79.9. The number of nitrogens with one attached hydrogen (secondary N) is 2. The lowest BCUT2D eigenvalue weighted by Gasteiger charge is -2.08. The Bertz CT molecular complexity index is 607. The van der Waals surface area contributed by atoms with E-state index < -0.39 is 0 Å². The largest absolute Gasteiger partial charge is 0.343 e. The lowest BCUT2D eigenvalue weighted by Crippen LogP contribution is -2.13. The summed E-state index contributed by atoms with van der Waals surface area (Å²) in [4.78, 5) is 12.4. The van der Waals surface area contributed by atoms with Crippen LogP contribution in [0.2, 0.25) is 0 Å². The number of aromatic amines is 1. The molecule has 0 unspecified atom stereocenters. The van der Waals surface area contributed by atoms with Crippen molar-refractivity contribution in [1.29, 1.82) is 0 Å². The predicted octanol–water partition coefficient (Wildman–Crippen LogP) is 1.74. The van der Waals surface area contributed by atoms with Crippen LogP contribution in [0.15, 0.2) is 37.5 Å². The minimum atomic E-state index is -0.204. The highest BCUT2D eigenvalue weighted by molar-refractivity contribution is 9.10. The molecule has 2 aromatic rings. The number of hydrogen-bond donors (Lipinski definition) is 2. The van der Waals surface area contributed by atoms with E-state index in [-0.39, 0.29) is 5.69 Å². The molecule has 5 nitrogen and oxygen atoms in total. The first-order valence-electron chi connectivity index (χ1n) is 5.34. The van der Waals surface area contributed by atoms with Crippen LogP contribution in [-0.2, 0) is 13.6 Å². The van der Waals surface area contributed by atoms with Crippen LogP contribution in [0.1, 0.15) is 5.56 Å². The minimum Gasteiger partial charge on any atom is -0.316 e. The summed E-state index contributed by atoms with van der Waals surface area (Å²) in [5.41, 5.74) is 0.956. The van der Waals surface area contributed by atoms with Crippen molar-refractivity contribution in [1.82, 2.24) is 20.1 Å². The molecule has 0 atom stereocenters. The SMILES string of the molecule is CNCc1cc(Br)ccc1Sc1n[nH]c(=O)n1C. The van der Waals surface area contributed by atoms with Crippen LogP contribution in [0.5, 0.6) is 0 Å². The van der Waals surface area contributed by atoms with E-state index in [0.29, 0.717) is 5.16 Å². The van der Waals surface area contributed by atoms with Crippen molar-refractivity contribution >= 4 is 27.7 Å². The van der Waals surface area contributed by atoms with Gasteiger partial charge in [0, 0.05) is 23.0 Å². The lowest BCUT2D eigenvalue weighted by molar-refractivity contribution is 0.763. The smallest absolute Gasteiger partial charge is 0.316 e. The Morgan fingerprint density at radius 2 is 2.33 bits per heavy atom. The van der Waals surface area contributed by atoms with Crippen LogP contribution in [-0.4, -0.2) is 21.8 Å². The lowest BCUT2D eigenvalue weighted by atomic mass is 10.2. The summed E-state index contributed by atoms with van der Waals surface area (Å²) in [6.45, 7) is 0.764. The highest BCUT2D eigenvalue weighted by Crippen LogP contribution is 2.30. The third-order valence-corrected chi connectivity index (χ3v) is 4.09. The van der Waals surface area contributed by atoms with E-state index in [1.807, 2.05) is 19.2 Å². The summed E-state index contributed by atoms with van der Waals surface area (Å²) in [6, 6.07) is 6.05. The quantitative estimate of drug-likeness (QED) is 0.897. The molecule has 18 heavy (non-hydrogen) atoms. The van der Waals surface area contributed by atoms with Gasteiger partial charge < -0.3 is 5.32 Å². The number of hydrogen-bond acceptors (Lipinski definition) is 4. The van der Waals surface area contributed by atoms with Crippen molar-refractivity contribution < 1.29 is 0 Å². The van der Waals surface area contributed by atoms with E-state index in [0.717, 1.165) is 21.5 Å². The van der Waals surface area contributed by atoms with E-state index in [1.165, 1.54) is 16.3 Å². The topological polar surface area (TPSA) is 62.7 Å². The summed E-state index contributed by atoms with van der Waals surface area (Å²) in [5, 5.41) is 10.2. The first-order chi connectivity index (χ1) is 8.61. The van der Waals surface area contributed by atoms with Gasteiger partial charge in [-0.25, -0.2) is 9.89 Å². The van der Waals surface area contributed by atoms with Crippen molar-refractivity contribution in [3.63, 3.8) is 0 Å². The molecule has 7 heteroatoms. The molecule has 0 bridgehead atoms. The van der Waals surface area contributed by atoms with Crippen molar-refractivity contribution in [2.24, 2.45) is 7.05 Å². The summed E-state index contributed by atoms with van der Waals surface area (Å²) >= 11 is 4.93. The second-order valence-electron chi connectivity index (χ2n) is 3.75. The molecule has 1 heterocycles. The van der Waals surface area contributed by atoms with Crippen LogP contribution in [0, 0.1) is 0 Å². The molecular formula is C11H13BrN4OS. The van der Waals surface area contributed by atoms with Crippen LogP contribution < -0.4 is 11.0 Å². The van der Waals surface area contributed by atoms with Gasteiger partial charge in [0.15, 0.2) is 5.16 Å². The first kappa shape index (κ1) is 13.4. The van der Waals surface area contributed by atoms with E-state index in [9.17, 15) is 4.79 Å². The van der Waals surface area contributed by atoms with Crippen molar-refractivity contribution in [2.75, 3.05) is 7.05 Å². The van der Waals surface area contributed by atoms with Crippen molar-refractivity contribution in [3.8, 4) is 0 Å². The standard InChI is InChI=1S/C11H13BrN4OS/c1-13-6-7-5-8(12)3-4-9(7)18-11-15-14-10(17)16(11)2/h3-5,13H,6H2,1-2H3,(H,14,17). The average molecular weight is 329 g/mol. The molecule has 0 aliphatic carbocycles. The van der Waals surface area contributed by atoms with E-state index >= 15 is 0 Å². The van der Waals surface area contributed by atoms with Gasteiger partial charge in [0.25, 0.3) is 0 Å². The van der Waals surface area contributed by atoms with Gasteiger partial charge in [-0.3, -0.25) is 4.57 Å². The van der Waals surface area contributed by atoms with Gasteiger partial charge in [-0.15, -0.1) is 5.10 Å². The van der Waals surface area contributed by atoms with E-state index in [4.69, 9.17) is 0 Å². The molecule has 2 N–H and O–H groups in total. The molecule has 0 saturated carbocycles. The van der Waals surface area contributed by atoms with Gasteiger partial charge in [0.05, 0.1) is 0 Å². The molecule has 0 saturated heterocycles. The van der Waals surface area contributed by atoms with Gasteiger partial charge in [-0.1, -0.05) is 15.9 Å².